The number of aliphatic hydroxyl groups excluding tert-OH is 1. The molecule has 5 nitrogen and oxygen atoms in total. The zero-order chi connectivity index (χ0) is 11.5. The molecule has 0 aliphatic heterocycles. The molecule has 0 aliphatic rings. The zero-order valence-corrected chi connectivity index (χ0v) is 8.90. The summed E-state index contributed by atoms with van der Waals surface area (Å²) in [4.78, 5) is -0.299. The average molecular weight is 231 g/mol. The van der Waals surface area contributed by atoms with Gasteiger partial charge in [0.15, 0.2) is 0 Å². The van der Waals surface area contributed by atoms with Crippen LogP contribution in [0.5, 0.6) is 5.75 Å². The second-order valence-electron chi connectivity index (χ2n) is 3.09. The highest BCUT2D eigenvalue weighted by Crippen LogP contribution is 2.15. The Bertz CT molecular complexity index is 407. The molecule has 1 N–H and O–H groups in total. The molecule has 1 aromatic rings. The van der Waals surface area contributed by atoms with Crippen molar-refractivity contribution in [1.82, 2.24) is 0 Å². The van der Waals surface area contributed by atoms with Gasteiger partial charge in [-0.2, -0.15) is 0 Å². The summed E-state index contributed by atoms with van der Waals surface area (Å²) in [6.07, 6.45) is -0.604. The fourth-order valence-corrected chi connectivity index (χ4v) is 1.39. The maximum atomic E-state index is 10.6. The number of aliphatic hydroxyl groups is 1. The third-order valence-electron chi connectivity index (χ3n) is 1.60. The van der Waals surface area contributed by atoms with Crippen LogP contribution in [0.15, 0.2) is 29.2 Å². The summed E-state index contributed by atoms with van der Waals surface area (Å²) in [5.74, 6) is 0.406. The summed E-state index contributed by atoms with van der Waals surface area (Å²) >= 11 is 0. The van der Waals surface area contributed by atoms with Crippen LogP contribution in [-0.4, -0.2) is 30.8 Å². The van der Waals surface area contributed by atoms with Crippen molar-refractivity contribution >= 4 is 10.1 Å². The maximum absolute atomic E-state index is 10.6. The Hall–Kier alpha value is -1.11. The van der Waals surface area contributed by atoms with Gasteiger partial charge in [0.2, 0.25) is 0 Å². The summed E-state index contributed by atoms with van der Waals surface area (Å²) in [5, 5.41) is 8.93. The number of ether oxygens (including phenoxy) is 1. The predicted octanol–water partition coefficient (Wildman–Crippen LogP) is 0.350. The first-order valence-corrected chi connectivity index (χ1v) is 5.67. The molecule has 0 heterocycles. The largest absolute Gasteiger partial charge is 0.744 e. The van der Waals surface area contributed by atoms with E-state index < -0.39 is 16.2 Å². The molecule has 1 unspecified atom stereocenters. The van der Waals surface area contributed by atoms with E-state index in [1.165, 1.54) is 24.3 Å². The smallest absolute Gasteiger partial charge is 0.124 e. The molecular formula is C9H11O5S-. The van der Waals surface area contributed by atoms with Crippen LogP contribution in [0.1, 0.15) is 6.92 Å². The lowest BCUT2D eigenvalue weighted by molar-refractivity contribution is 0.122. The summed E-state index contributed by atoms with van der Waals surface area (Å²) < 4.78 is 36.8. The molecule has 0 fully saturated rings. The molecule has 0 bridgehead atoms. The monoisotopic (exact) mass is 231 g/mol. The molecule has 0 saturated heterocycles. The lowest BCUT2D eigenvalue weighted by atomic mass is 10.3. The topological polar surface area (TPSA) is 86.7 Å². The van der Waals surface area contributed by atoms with Crippen molar-refractivity contribution in [3.05, 3.63) is 24.3 Å². The lowest BCUT2D eigenvalue weighted by Crippen LogP contribution is -2.12. The zero-order valence-electron chi connectivity index (χ0n) is 8.08. The van der Waals surface area contributed by atoms with Crippen molar-refractivity contribution in [2.45, 2.75) is 17.9 Å². The van der Waals surface area contributed by atoms with E-state index in [-0.39, 0.29) is 11.5 Å². The van der Waals surface area contributed by atoms with Crippen molar-refractivity contribution in [3.63, 3.8) is 0 Å². The van der Waals surface area contributed by atoms with Gasteiger partial charge in [-0.25, -0.2) is 8.42 Å². The molecule has 0 spiro atoms. The molecule has 0 aliphatic carbocycles. The van der Waals surface area contributed by atoms with Crippen LogP contribution < -0.4 is 4.74 Å². The normalized spacial score (nSPS) is 13.5. The Morgan fingerprint density at radius 1 is 1.40 bits per heavy atom. The molecule has 0 aromatic heterocycles. The van der Waals surface area contributed by atoms with Gasteiger partial charge < -0.3 is 14.4 Å². The van der Waals surface area contributed by atoms with Gasteiger partial charge in [0.25, 0.3) is 0 Å². The van der Waals surface area contributed by atoms with Gasteiger partial charge >= 0.3 is 0 Å². The molecular weight excluding hydrogens is 220 g/mol. The van der Waals surface area contributed by atoms with E-state index in [9.17, 15) is 13.0 Å². The van der Waals surface area contributed by atoms with E-state index >= 15 is 0 Å². The van der Waals surface area contributed by atoms with E-state index in [4.69, 9.17) is 9.84 Å². The number of rotatable bonds is 4. The van der Waals surface area contributed by atoms with Gasteiger partial charge in [-0.1, -0.05) is 0 Å². The molecule has 6 heteroatoms. The molecule has 0 saturated carbocycles. The molecule has 0 radical (unpaired) electrons. The third kappa shape index (κ3) is 3.86. The van der Waals surface area contributed by atoms with Crippen molar-refractivity contribution < 1.29 is 22.8 Å². The van der Waals surface area contributed by atoms with Crippen LogP contribution in [0.2, 0.25) is 0 Å². The van der Waals surface area contributed by atoms with Crippen LogP contribution in [-0.2, 0) is 10.1 Å². The Kier molecular flexibility index (Phi) is 3.67. The molecule has 1 rings (SSSR count). The van der Waals surface area contributed by atoms with Gasteiger partial charge in [-0.15, -0.1) is 0 Å². The van der Waals surface area contributed by atoms with Gasteiger partial charge in [0.1, 0.15) is 22.5 Å². The quantitative estimate of drug-likeness (QED) is 0.755. The van der Waals surface area contributed by atoms with Gasteiger partial charge in [-0.3, -0.25) is 0 Å². The standard InChI is InChI=1S/C9H12O5S/c1-7(10)6-14-8-2-4-9(5-3-8)15(11,12)13/h2-5,7,10H,6H2,1H3,(H,11,12,13)/p-1. The van der Waals surface area contributed by atoms with Gasteiger partial charge in [0.05, 0.1) is 11.0 Å². The minimum absolute atomic E-state index is 0.115. The summed E-state index contributed by atoms with van der Waals surface area (Å²) in [5.41, 5.74) is 0. The molecule has 1 atom stereocenters. The van der Waals surface area contributed by atoms with E-state index in [0.29, 0.717) is 5.75 Å². The number of benzene rings is 1. The second kappa shape index (κ2) is 4.61. The summed E-state index contributed by atoms with van der Waals surface area (Å²) in [7, 11) is -4.41. The van der Waals surface area contributed by atoms with E-state index in [1.54, 1.807) is 6.92 Å². The Morgan fingerprint density at radius 2 is 1.93 bits per heavy atom. The van der Waals surface area contributed by atoms with Crippen molar-refractivity contribution in [2.24, 2.45) is 0 Å². The summed E-state index contributed by atoms with van der Waals surface area (Å²) in [6.45, 7) is 1.68. The number of hydrogen-bond donors (Lipinski definition) is 1. The Labute approximate surface area is 88.1 Å². The SMILES string of the molecule is CC(O)COc1ccc(S(=O)(=O)[O-])cc1. The van der Waals surface area contributed by atoms with E-state index in [0.717, 1.165) is 0 Å². The van der Waals surface area contributed by atoms with Crippen LogP contribution in [0.4, 0.5) is 0 Å². The minimum Gasteiger partial charge on any atom is -0.744 e. The third-order valence-corrected chi connectivity index (χ3v) is 2.45. The van der Waals surface area contributed by atoms with Crippen LogP contribution >= 0.6 is 0 Å². The fourth-order valence-electron chi connectivity index (χ4n) is 0.919. The Morgan fingerprint density at radius 3 is 2.33 bits per heavy atom. The molecule has 84 valence electrons. The van der Waals surface area contributed by atoms with Crippen LogP contribution in [0.25, 0.3) is 0 Å². The fraction of sp³-hybridized carbons (Fsp3) is 0.333. The van der Waals surface area contributed by atoms with Gasteiger partial charge in [-0.05, 0) is 31.2 Å². The summed E-state index contributed by atoms with van der Waals surface area (Å²) in [6, 6.07) is 5.07. The first-order valence-electron chi connectivity index (χ1n) is 4.26. The highest BCUT2D eigenvalue weighted by Gasteiger charge is 2.02. The number of hydrogen-bond acceptors (Lipinski definition) is 5. The van der Waals surface area contributed by atoms with Crippen molar-refractivity contribution in [1.29, 1.82) is 0 Å². The van der Waals surface area contributed by atoms with Crippen molar-refractivity contribution in [3.8, 4) is 5.75 Å². The molecule has 0 amide bonds. The maximum Gasteiger partial charge on any atom is 0.124 e. The first-order chi connectivity index (χ1) is 6.89. The second-order valence-corrected chi connectivity index (χ2v) is 4.47. The highest BCUT2D eigenvalue weighted by atomic mass is 32.2. The average Bonchev–Trinajstić information content (AvgIpc) is 2.14. The highest BCUT2D eigenvalue weighted by molar-refractivity contribution is 7.85. The Balaban J connectivity index is 2.73. The van der Waals surface area contributed by atoms with E-state index in [2.05, 4.69) is 0 Å². The molecule has 1 aromatic carbocycles. The van der Waals surface area contributed by atoms with E-state index in [1.807, 2.05) is 0 Å². The van der Waals surface area contributed by atoms with Crippen molar-refractivity contribution in [2.75, 3.05) is 6.61 Å². The van der Waals surface area contributed by atoms with Gasteiger partial charge in [0, 0.05) is 0 Å². The first kappa shape index (κ1) is 12.0. The predicted molar refractivity (Wildman–Crippen MR) is 51.6 cm³/mol. The minimum atomic E-state index is -4.41. The lowest BCUT2D eigenvalue weighted by Gasteiger charge is -2.10. The molecule has 15 heavy (non-hydrogen) atoms. The van der Waals surface area contributed by atoms with Crippen LogP contribution in [0, 0.1) is 0 Å². The van der Waals surface area contributed by atoms with Crippen LogP contribution in [0.3, 0.4) is 0 Å².